The number of aromatic hydroxyl groups is 2. The molecule has 37 heavy (non-hydrogen) atoms. The molecule has 0 radical (unpaired) electrons. The molecule has 0 bridgehead atoms. The normalized spacial score (nSPS) is 31.2. The number of fused-ring (bicyclic) bond motifs is 4. The summed E-state index contributed by atoms with van der Waals surface area (Å²) in [7, 11) is 0. The molecule has 0 saturated carbocycles. The molecule has 0 amide bonds. The van der Waals surface area contributed by atoms with Crippen molar-refractivity contribution in [3.05, 3.63) is 68.9 Å². The van der Waals surface area contributed by atoms with Crippen LogP contribution >= 0.6 is 0 Å². The van der Waals surface area contributed by atoms with E-state index in [1.165, 1.54) is 11.6 Å². The molecule has 3 aliphatic rings. The number of hydrogen-bond donors (Lipinski definition) is 2. The highest BCUT2D eigenvalue weighted by molar-refractivity contribution is 5.48. The van der Waals surface area contributed by atoms with Crippen molar-refractivity contribution in [1.82, 2.24) is 0 Å². The average molecular weight is 505 g/mol. The maximum Gasteiger partial charge on any atom is 0.223 e. The lowest BCUT2D eigenvalue weighted by molar-refractivity contribution is -0.0359. The van der Waals surface area contributed by atoms with Crippen LogP contribution in [0, 0.1) is 31.1 Å². The second-order valence-electron chi connectivity index (χ2n) is 12.8. The number of phenols is 1. The van der Waals surface area contributed by atoms with Gasteiger partial charge in [0.1, 0.15) is 28.5 Å². The van der Waals surface area contributed by atoms with E-state index in [0.717, 1.165) is 61.0 Å². The summed E-state index contributed by atoms with van der Waals surface area (Å²) in [5.74, 6) is 1.91. The van der Waals surface area contributed by atoms with Crippen molar-refractivity contribution < 1.29 is 19.7 Å². The van der Waals surface area contributed by atoms with Crippen molar-refractivity contribution in [2.24, 2.45) is 17.3 Å². The predicted molar refractivity (Wildman–Crippen MR) is 146 cm³/mol. The molecule has 2 aromatic carbocycles. The van der Waals surface area contributed by atoms with Gasteiger partial charge in [0.2, 0.25) is 5.43 Å². The first kappa shape index (κ1) is 25.7. The van der Waals surface area contributed by atoms with E-state index in [4.69, 9.17) is 9.47 Å². The van der Waals surface area contributed by atoms with E-state index in [1.807, 2.05) is 13.0 Å². The minimum Gasteiger partial charge on any atom is -0.508 e. The van der Waals surface area contributed by atoms with Crippen LogP contribution in [0.4, 0.5) is 0 Å². The molecule has 0 spiro atoms. The number of benzene rings is 1. The molecule has 2 aliphatic heterocycles. The van der Waals surface area contributed by atoms with E-state index in [0.29, 0.717) is 11.7 Å². The van der Waals surface area contributed by atoms with Crippen molar-refractivity contribution in [1.29, 1.82) is 0 Å². The number of allylic oxidation sites excluding steroid dienone is 1. The second kappa shape index (κ2) is 8.82. The van der Waals surface area contributed by atoms with E-state index in [2.05, 4.69) is 46.8 Å². The SMILES string of the molecule is Cc1cc(O)c(=O)cc2c1C[C@@H]1CC[C@]3(C)Oc4cc(O)cc(C)c4C[C@@H]3CC(C)(C)/C=C/C[C@@]1(C)O2. The van der Waals surface area contributed by atoms with Crippen molar-refractivity contribution in [2.45, 2.75) is 91.3 Å². The molecule has 2 heterocycles. The molecule has 0 unspecified atom stereocenters. The fourth-order valence-corrected chi connectivity index (χ4v) is 6.84. The zero-order valence-electron chi connectivity index (χ0n) is 23.0. The van der Waals surface area contributed by atoms with Gasteiger partial charge in [-0.2, -0.15) is 0 Å². The van der Waals surface area contributed by atoms with Crippen molar-refractivity contribution in [3.63, 3.8) is 0 Å². The van der Waals surface area contributed by atoms with Crippen LogP contribution in [-0.4, -0.2) is 21.4 Å². The van der Waals surface area contributed by atoms with Gasteiger partial charge < -0.3 is 19.7 Å². The first-order chi connectivity index (χ1) is 17.3. The van der Waals surface area contributed by atoms with Crippen LogP contribution in [0.15, 0.2) is 41.2 Å². The fourth-order valence-electron chi connectivity index (χ4n) is 6.84. The lowest BCUT2D eigenvalue weighted by atomic mass is 9.68. The third kappa shape index (κ3) is 4.73. The maximum absolute atomic E-state index is 12.4. The van der Waals surface area contributed by atoms with Crippen LogP contribution < -0.4 is 14.9 Å². The van der Waals surface area contributed by atoms with Crippen LogP contribution in [0.25, 0.3) is 0 Å². The zero-order valence-corrected chi connectivity index (χ0v) is 23.0. The summed E-state index contributed by atoms with van der Waals surface area (Å²) in [6.07, 6.45) is 9.78. The Morgan fingerprint density at radius 1 is 0.838 bits per heavy atom. The van der Waals surface area contributed by atoms with Gasteiger partial charge in [-0.15, -0.1) is 0 Å². The molecular formula is C32H40O5. The highest BCUT2D eigenvalue weighted by Gasteiger charge is 2.47. The van der Waals surface area contributed by atoms with E-state index in [1.54, 1.807) is 12.1 Å². The Hall–Kier alpha value is -2.95. The summed E-state index contributed by atoms with van der Waals surface area (Å²) in [6, 6.07) is 6.61. The standard InChI is InChI=1S/C32H40O5/c1-19-12-23(33)16-28-25(19)15-22-18-30(3,4)9-7-10-31(5)21(8-11-32(22,6)36-28)14-24-20(2)13-26(34)27(35)17-29(24)37-31/h7,9,12-13,16-17,21-22,33H,8,10-11,14-15,18H2,1-6H3,(H,34,35)/b9-7+/t21-,22+,31+,32-/m0/s1. The maximum atomic E-state index is 12.4. The largest absolute Gasteiger partial charge is 0.508 e. The number of hydrogen-bond acceptors (Lipinski definition) is 5. The van der Waals surface area contributed by atoms with Gasteiger partial charge in [-0.25, -0.2) is 0 Å². The van der Waals surface area contributed by atoms with Gasteiger partial charge in [-0.05, 0) is 99.6 Å². The molecule has 198 valence electrons. The third-order valence-corrected chi connectivity index (χ3v) is 9.23. The average Bonchev–Trinajstić information content (AvgIpc) is 2.88. The molecule has 5 rings (SSSR count). The van der Waals surface area contributed by atoms with Crippen LogP contribution in [0.3, 0.4) is 0 Å². The van der Waals surface area contributed by atoms with Gasteiger partial charge in [0.25, 0.3) is 0 Å². The Morgan fingerprint density at radius 3 is 2.19 bits per heavy atom. The Kier molecular flexibility index (Phi) is 6.12. The van der Waals surface area contributed by atoms with Gasteiger partial charge in [0, 0.05) is 30.4 Å². The topological polar surface area (TPSA) is 76.0 Å². The lowest BCUT2D eigenvalue weighted by Gasteiger charge is -2.47. The van der Waals surface area contributed by atoms with E-state index in [9.17, 15) is 15.0 Å². The summed E-state index contributed by atoms with van der Waals surface area (Å²) in [6.45, 7) is 12.9. The zero-order chi connectivity index (χ0) is 26.8. The summed E-state index contributed by atoms with van der Waals surface area (Å²) >= 11 is 0. The van der Waals surface area contributed by atoms with Gasteiger partial charge in [-0.3, -0.25) is 4.79 Å². The highest BCUT2D eigenvalue weighted by Crippen LogP contribution is 2.50. The number of phenolic OH excluding ortho intramolecular Hbond substituents is 1. The molecule has 0 fully saturated rings. The summed E-state index contributed by atoms with van der Waals surface area (Å²) < 4.78 is 13.5. The number of rotatable bonds is 0. The minimum atomic E-state index is -0.486. The molecule has 4 atom stereocenters. The van der Waals surface area contributed by atoms with Crippen LogP contribution in [0.1, 0.15) is 75.6 Å². The van der Waals surface area contributed by atoms with Crippen LogP contribution in [-0.2, 0) is 12.8 Å². The number of aryl methyl sites for hydroxylation is 2. The molecule has 5 nitrogen and oxygen atoms in total. The molecule has 5 heteroatoms. The quantitative estimate of drug-likeness (QED) is 0.398. The first-order valence-electron chi connectivity index (χ1n) is 13.5. The van der Waals surface area contributed by atoms with Crippen molar-refractivity contribution >= 4 is 0 Å². The minimum absolute atomic E-state index is 0.0304. The Bertz CT molecular complexity index is 1330. The smallest absolute Gasteiger partial charge is 0.223 e. The molecule has 1 aliphatic carbocycles. The second-order valence-corrected chi connectivity index (χ2v) is 12.8. The van der Waals surface area contributed by atoms with E-state index >= 15 is 0 Å². The summed E-state index contributed by atoms with van der Waals surface area (Å²) in [4.78, 5) is 12.4. The van der Waals surface area contributed by atoms with Gasteiger partial charge in [-0.1, -0.05) is 26.0 Å². The molecule has 0 saturated heterocycles. The summed E-state index contributed by atoms with van der Waals surface area (Å²) in [5.41, 5.74) is 2.83. The third-order valence-electron chi connectivity index (χ3n) is 9.23. The van der Waals surface area contributed by atoms with Gasteiger partial charge in [0.05, 0.1) is 0 Å². The van der Waals surface area contributed by atoms with Gasteiger partial charge >= 0.3 is 0 Å². The molecule has 0 aromatic heterocycles. The molecule has 2 N–H and O–H groups in total. The molecule has 2 aromatic rings. The monoisotopic (exact) mass is 504 g/mol. The fraction of sp³-hybridized carbons (Fsp3) is 0.531. The van der Waals surface area contributed by atoms with Crippen molar-refractivity contribution in [2.75, 3.05) is 0 Å². The first-order valence-corrected chi connectivity index (χ1v) is 13.5. The Labute approximate surface area is 220 Å². The Balaban J connectivity index is 1.57. The number of ether oxygens (including phenoxy) is 2. The lowest BCUT2D eigenvalue weighted by Crippen LogP contribution is -2.49. The summed E-state index contributed by atoms with van der Waals surface area (Å²) in [5, 5.41) is 20.4. The van der Waals surface area contributed by atoms with Gasteiger partial charge in [0.15, 0.2) is 5.75 Å². The van der Waals surface area contributed by atoms with Crippen LogP contribution in [0.2, 0.25) is 0 Å². The van der Waals surface area contributed by atoms with E-state index in [-0.39, 0.29) is 28.4 Å². The van der Waals surface area contributed by atoms with Crippen molar-refractivity contribution in [3.8, 4) is 23.0 Å². The van der Waals surface area contributed by atoms with Crippen LogP contribution in [0.5, 0.6) is 23.0 Å². The van der Waals surface area contributed by atoms with E-state index < -0.39 is 11.0 Å². The predicted octanol–water partition coefficient (Wildman–Crippen LogP) is 6.55. The molecular weight excluding hydrogens is 464 g/mol. The highest BCUT2D eigenvalue weighted by atomic mass is 16.5. The Morgan fingerprint density at radius 2 is 1.46 bits per heavy atom.